The third-order valence-corrected chi connectivity index (χ3v) is 9.87. The monoisotopic (exact) mass is 488 g/mol. The summed E-state index contributed by atoms with van der Waals surface area (Å²) in [5.41, 5.74) is 4.07. The number of phenolic OH excluding ortho intramolecular Hbond substituents is 1. The Bertz CT molecular complexity index is 1030. The first-order valence-corrected chi connectivity index (χ1v) is 14.2. The lowest BCUT2D eigenvalue weighted by Gasteiger charge is -2.42. The number of aromatic hydroxyl groups is 1. The van der Waals surface area contributed by atoms with Crippen molar-refractivity contribution in [3.8, 4) is 5.75 Å². The molecule has 3 rings (SSSR count). The number of thioether (sulfide) groups is 1. The molecule has 1 N–H and O–H groups in total. The highest BCUT2D eigenvalue weighted by Crippen LogP contribution is 2.45. The molecule has 0 aliphatic carbocycles. The Morgan fingerprint density at radius 3 is 1.77 bits per heavy atom. The van der Waals surface area contributed by atoms with Gasteiger partial charge in [-0.05, 0) is 59.1 Å². The van der Waals surface area contributed by atoms with Crippen molar-refractivity contribution in [2.75, 3.05) is 0 Å². The molecule has 0 aliphatic rings. The van der Waals surface area contributed by atoms with E-state index in [9.17, 15) is 5.11 Å². The second-order valence-electron chi connectivity index (χ2n) is 11.2. The summed E-state index contributed by atoms with van der Waals surface area (Å²) < 4.78 is 0. The van der Waals surface area contributed by atoms with Crippen molar-refractivity contribution in [1.29, 1.82) is 0 Å². The van der Waals surface area contributed by atoms with E-state index in [1.807, 2.05) is 30.0 Å². The van der Waals surface area contributed by atoms with Crippen molar-refractivity contribution >= 4 is 11.8 Å². The van der Waals surface area contributed by atoms with Gasteiger partial charge < -0.3 is 5.11 Å². The van der Waals surface area contributed by atoms with Gasteiger partial charge in [0.25, 0.3) is 0 Å². The highest BCUT2D eigenvalue weighted by molar-refractivity contribution is 7.99. The van der Waals surface area contributed by atoms with Crippen molar-refractivity contribution in [2.45, 2.75) is 82.6 Å². The van der Waals surface area contributed by atoms with E-state index in [0.717, 1.165) is 17.7 Å². The van der Waals surface area contributed by atoms with E-state index in [1.165, 1.54) is 24.0 Å². The first kappa shape index (κ1) is 27.4. The van der Waals surface area contributed by atoms with E-state index >= 15 is 0 Å². The van der Waals surface area contributed by atoms with Crippen molar-refractivity contribution < 1.29 is 5.11 Å². The van der Waals surface area contributed by atoms with Crippen LogP contribution in [0.3, 0.4) is 0 Å². The van der Waals surface area contributed by atoms with Crippen LogP contribution in [0.1, 0.15) is 77.5 Å². The van der Waals surface area contributed by atoms with Gasteiger partial charge in [-0.2, -0.15) is 11.8 Å². The summed E-state index contributed by atoms with van der Waals surface area (Å²) in [6.07, 6.45) is 3.49. The molecule has 0 aliphatic heterocycles. The molecule has 3 atom stereocenters. The lowest BCUT2D eigenvalue weighted by Crippen LogP contribution is -2.36. The maximum absolute atomic E-state index is 10.3. The Balaban J connectivity index is 1.84. The molecule has 188 valence electrons. The maximum atomic E-state index is 10.3. The van der Waals surface area contributed by atoms with Crippen LogP contribution in [-0.2, 0) is 16.6 Å². The van der Waals surface area contributed by atoms with Gasteiger partial charge in [0, 0.05) is 16.6 Å². The quantitative estimate of drug-likeness (QED) is 0.274. The van der Waals surface area contributed by atoms with Gasteiger partial charge >= 0.3 is 0 Å². The van der Waals surface area contributed by atoms with Gasteiger partial charge in [0.15, 0.2) is 0 Å². The second-order valence-corrected chi connectivity index (χ2v) is 12.5. The lowest BCUT2D eigenvalue weighted by molar-refractivity contribution is 0.199. The highest BCUT2D eigenvalue weighted by atomic mass is 32.2. The lowest BCUT2D eigenvalue weighted by atomic mass is 9.63. The molecule has 3 unspecified atom stereocenters. The number of hydrogen-bond donors (Lipinski definition) is 1. The summed E-state index contributed by atoms with van der Waals surface area (Å²) in [5, 5.41) is 10.8. The van der Waals surface area contributed by atoms with Crippen LogP contribution in [0.15, 0.2) is 84.9 Å². The standard InChI is InChI=1S/C33H44OS/c1-7-30(35-24-26-16-14-15-21-31(26)34)23-29(33(5,6)28-19-12-9-13-20-28)22-25(2)32(3,4)27-17-10-8-11-18-27/h8-21,25,29-30,34H,7,22-24H2,1-6H3. The predicted octanol–water partition coefficient (Wildman–Crippen LogP) is 9.39. The number of rotatable bonds is 12. The van der Waals surface area contributed by atoms with Crippen LogP contribution in [0, 0.1) is 11.8 Å². The molecule has 0 saturated carbocycles. The third kappa shape index (κ3) is 6.94. The fourth-order valence-electron chi connectivity index (χ4n) is 5.17. The molecule has 3 aromatic rings. The predicted molar refractivity (Wildman–Crippen MR) is 154 cm³/mol. The zero-order valence-corrected chi connectivity index (χ0v) is 23.3. The first-order valence-electron chi connectivity index (χ1n) is 13.2. The summed E-state index contributed by atoms with van der Waals surface area (Å²) in [5.74, 6) is 2.35. The minimum Gasteiger partial charge on any atom is -0.508 e. The van der Waals surface area contributed by atoms with Crippen molar-refractivity contribution in [3.63, 3.8) is 0 Å². The molecule has 0 bridgehead atoms. The number of para-hydroxylation sites is 1. The van der Waals surface area contributed by atoms with Gasteiger partial charge in [-0.1, -0.05) is 120 Å². The molecule has 3 aromatic carbocycles. The summed E-state index contributed by atoms with van der Waals surface area (Å²) >= 11 is 2.00. The van der Waals surface area contributed by atoms with E-state index in [4.69, 9.17) is 0 Å². The van der Waals surface area contributed by atoms with E-state index in [-0.39, 0.29) is 10.8 Å². The molecule has 0 radical (unpaired) electrons. The first-order chi connectivity index (χ1) is 16.7. The van der Waals surface area contributed by atoms with Crippen LogP contribution in [0.4, 0.5) is 0 Å². The molecule has 0 saturated heterocycles. The Morgan fingerprint density at radius 2 is 1.23 bits per heavy atom. The van der Waals surface area contributed by atoms with Crippen molar-refractivity contribution in [1.82, 2.24) is 0 Å². The fourth-order valence-corrected chi connectivity index (χ4v) is 6.44. The number of hydrogen-bond acceptors (Lipinski definition) is 2. The van der Waals surface area contributed by atoms with Crippen molar-refractivity contribution in [3.05, 3.63) is 102 Å². The summed E-state index contributed by atoms with van der Waals surface area (Å²) in [4.78, 5) is 0. The topological polar surface area (TPSA) is 20.2 Å². The van der Waals surface area contributed by atoms with E-state index in [0.29, 0.717) is 22.8 Å². The molecule has 1 nitrogen and oxygen atoms in total. The van der Waals surface area contributed by atoms with Crippen LogP contribution in [-0.4, -0.2) is 10.4 Å². The van der Waals surface area contributed by atoms with Gasteiger partial charge in [-0.15, -0.1) is 0 Å². The zero-order chi connectivity index (χ0) is 25.5. The average molecular weight is 489 g/mol. The summed E-state index contributed by atoms with van der Waals surface area (Å²) in [7, 11) is 0. The summed E-state index contributed by atoms with van der Waals surface area (Å²) in [6.45, 7) is 14.4. The van der Waals surface area contributed by atoms with Crippen molar-refractivity contribution in [2.24, 2.45) is 11.8 Å². The zero-order valence-electron chi connectivity index (χ0n) is 22.5. The molecular formula is C33H44OS. The smallest absolute Gasteiger partial charge is 0.119 e. The fraction of sp³-hybridized carbons (Fsp3) is 0.455. The van der Waals surface area contributed by atoms with Crippen LogP contribution in [0.25, 0.3) is 0 Å². The molecule has 0 heterocycles. The minimum atomic E-state index is 0.0746. The number of phenols is 1. The molecule has 35 heavy (non-hydrogen) atoms. The Morgan fingerprint density at radius 1 is 0.714 bits per heavy atom. The largest absolute Gasteiger partial charge is 0.508 e. The van der Waals surface area contributed by atoms with E-state index in [2.05, 4.69) is 102 Å². The Labute approximate surface area is 218 Å². The van der Waals surface area contributed by atoms with E-state index < -0.39 is 0 Å². The minimum absolute atomic E-state index is 0.0746. The molecule has 2 heteroatoms. The van der Waals surface area contributed by atoms with Gasteiger partial charge in [0.1, 0.15) is 5.75 Å². The van der Waals surface area contributed by atoms with Gasteiger partial charge in [-0.25, -0.2) is 0 Å². The maximum Gasteiger partial charge on any atom is 0.119 e. The van der Waals surface area contributed by atoms with Crippen LogP contribution >= 0.6 is 11.8 Å². The molecule has 0 fully saturated rings. The van der Waals surface area contributed by atoms with Crippen LogP contribution in [0.2, 0.25) is 0 Å². The number of benzene rings is 3. The van der Waals surface area contributed by atoms with Crippen LogP contribution in [0.5, 0.6) is 5.75 Å². The molecule has 0 aromatic heterocycles. The molecule has 0 amide bonds. The Hall–Kier alpha value is -2.19. The third-order valence-electron chi connectivity index (χ3n) is 8.40. The molecule has 0 spiro atoms. The summed E-state index contributed by atoms with van der Waals surface area (Å²) in [6, 6.07) is 29.8. The SMILES string of the molecule is CCC(CC(CC(C)C(C)(C)c1ccccc1)C(C)(C)c1ccccc1)SCc1ccccc1O. The highest BCUT2D eigenvalue weighted by Gasteiger charge is 2.37. The normalized spacial score (nSPS) is 14.9. The van der Waals surface area contributed by atoms with E-state index in [1.54, 1.807) is 6.07 Å². The van der Waals surface area contributed by atoms with Gasteiger partial charge in [0.05, 0.1) is 0 Å². The van der Waals surface area contributed by atoms with Gasteiger partial charge in [0.2, 0.25) is 0 Å². The Kier molecular flexibility index (Phi) is 9.53. The van der Waals surface area contributed by atoms with Crippen LogP contribution < -0.4 is 0 Å². The van der Waals surface area contributed by atoms with Gasteiger partial charge in [-0.3, -0.25) is 0 Å². The molecular weight excluding hydrogens is 444 g/mol. The average Bonchev–Trinajstić information content (AvgIpc) is 2.87. The second kappa shape index (κ2) is 12.2.